The Bertz CT molecular complexity index is 735. The largest absolute Gasteiger partial charge is 0.333 e. The second-order valence-corrected chi connectivity index (χ2v) is 5.77. The molecule has 0 atom stereocenters. The van der Waals surface area contributed by atoms with Crippen LogP contribution in [-0.4, -0.2) is 26.5 Å². The van der Waals surface area contributed by atoms with E-state index in [1.54, 1.807) is 0 Å². The van der Waals surface area contributed by atoms with Gasteiger partial charge in [-0.25, -0.2) is 15.0 Å². The monoisotopic (exact) mass is 299 g/mol. The van der Waals surface area contributed by atoms with E-state index in [-0.39, 0.29) is 0 Å². The molecule has 0 unspecified atom stereocenters. The van der Waals surface area contributed by atoms with E-state index >= 15 is 0 Å². The number of imidazole rings is 1. The predicted molar refractivity (Wildman–Crippen MR) is 84.4 cm³/mol. The summed E-state index contributed by atoms with van der Waals surface area (Å²) in [6, 6.07) is 6.17. The Morgan fingerprint density at radius 1 is 1.24 bits per heavy atom. The predicted octanol–water partition coefficient (Wildman–Crippen LogP) is 2.92. The number of H-pyrrole nitrogens is 1. The first-order chi connectivity index (χ1) is 10.2. The molecule has 5 nitrogen and oxygen atoms in total. The second kappa shape index (κ2) is 6.24. The number of hydrogen-bond donors (Lipinski definition) is 2. The number of benzene rings is 1. The highest BCUT2D eigenvalue weighted by atomic mass is 32.2. The number of nitrogens with zero attached hydrogens (tertiary/aromatic N) is 3. The summed E-state index contributed by atoms with van der Waals surface area (Å²) < 4.78 is 0. The quantitative estimate of drug-likeness (QED) is 0.709. The van der Waals surface area contributed by atoms with Gasteiger partial charge in [-0.15, -0.1) is 0 Å². The summed E-state index contributed by atoms with van der Waals surface area (Å²) in [7, 11) is 0. The summed E-state index contributed by atoms with van der Waals surface area (Å²) in [6.07, 6.45) is 3.70. The van der Waals surface area contributed by atoms with Crippen molar-refractivity contribution in [2.24, 2.45) is 0 Å². The van der Waals surface area contributed by atoms with Gasteiger partial charge in [-0.1, -0.05) is 13.0 Å². The van der Waals surface area contributed by atoms with Crippen LogP contribution in [0.3, 0.4) is 0 Å². The van der Waals surface area contributed by atoms with Gasteiger partial charge in [0.05, 0.1) is 11.0 Å². The van der Waals surface area contributed by atoms with Crippen LogP contribution in [0.4, 0.5) is 0 Å². The number of hydrogen-bond acceptors (Lipinski definition) is 5. The van der Waals surface area contributed by atoms with E-state index in [0.717, 1.165) is 34.8 Å². The molecule has 0 bridgehead atoms. The van der Waals surface area contributed by atoms with E-state index in [4.69, 9.17) is 0 Å². The number of fused-ring (bicyclic) bond motifs is 1. The molecule has 0 fully saturated rings. The van der Waals surface area contributed by atoms with Crippen molar-refractivity contribution in [3.05, 3.63) is 41.7 Å². The summed E-state index contributed by atoms with van der Waals surface area (Å²) >= 11 is 1.44. The van der Waals surface area contributed by atoms with Crippen molar-refractivity contribution in [3.8, 4) is 0 Å². The smallest absolute Gasteiger partial charge is 0.195 e. The first kappa shape index (κ1) is 14.0. The molecule has 6 heteroatoms. The van der Waals surface area contributed by atoms with Crippen molar-refractivity contribution in [2.75, 3.05) is 6.54 Å². The highest BCUT2D eigenvalue weighted by molar-refractivity contribution is 7.99. The minimum absolute atomic E-state index is 0.700. The fourth-order valence-electron chi connectivity index (χ4n) is 1.99. The fourth-order valence-corrected chi connectivity index (χ4v) is 2.68. The highest BCUT2D eigenvalue weighted by Gasteiger charge is 2.07. The highest BCUT2D eigenvalue weighted by Crippen LogP contribution is 2.24. The summed E-state index contributed by atoms with van der Waals surface area (Å²) in [6.45, 7) is 5.88. The molecule has 1 aromatic carbocycles. The van der Waals surface area contributed by atoms with Crippen LogP contribution in [0.5, 0.6) is 0 Å². The first-order valence-electron chi connectivity index (χ1n) is 6.90. The molecule has 3 aromatic rings. The zero-order valence-electron chi connectivity index (χ0n) is 12.1. The molecular weight excluding hydrogens is 282 g/mol. The lowest BCUT2D eigenvalue weighted by atomic mass is 10.2. The second-order valence-electron chi connectivity index (χ2n) is 4.82. The van der Waals surface area contributed by atoms with E-state index in [0.29, 0.717) is 5.16 Å². The van der Waals surface area contributed by atoms with Crippen LogP contribution in [0.2, 0.25) is 0 Å². The molecule has 0 aliphatic heterocycles. The van der Waals surface area contributed by atoms with Crippen LogP contribution < -0.4 is 5.32 Å². The Labute approximate surface area is 127 Å². The number of aryl methyl sites for hydroxylation is 1. The number of aromatic nitrogens is 4. The molecule has 21 heavy (non-hydrogen) atoms. The van der Waals surface area contributed by atoms with Crippen LogP contribution in [0, 0.1) is 6.92 Å². The molecule has 0 aliphatic carbocycles. The van der Waals surface area contributed by atoms with Crippen molar-refractivity contribution in [1.29, 1.82) is 0 Å². The van der Waals surface area contributed by atoms with Crippen molar-refractivity contribution in [1.82, 2.24) is 25.3 Å². The number of rotatable bonds is 5. The van der Waals surface area contributed by atoms with Gasteiger partial charge in [0.1, 0.15) is 0 Å². The van der Waals surface area contributed by atoms with Crippen LogP contribution >= 0.6 is 11.8 Å². The van der Waals surface area contributed by atoms with Crippen LogP contribution in [0.1, 0.15) is 18.1 Å². The molecule has 0 saturated carbocycles. The summed E-state index contributed by atoms with van der Waals surface area (Å²) in [5.41, 5.74) is 4.31. The Balaban J connectivity index is 1.75. The van der Waals surface area contributed by atoms with E-state index in [9.17, 15) is 0 Å². The van der Waals surface area contributed by atoms with Crippen molar-refractivity contribution in [2.45, 2.75) is 30.7 Å². The summed E-state index contributed by atoms with van der Waals surface area (Å²) in [4.78, 5) is 16.6. The maximum atomic E-state index is 4.54. The molecule has 2 N–H and O–H groups in total. The number of aromatic amines is 1. The van der Waals surface area contributed by atoms with Crippen molar-refractivity contribution >= 4 is 22.8 Å². The molecule has 108 valence electrons. The van der Waals surface area contributed by atoms with Gasteiger partial charge >= 0.3 is 0 Å². The van der Waals surface area contributed by atoms with Gasteiger partial charge in [-0.3, -0.25) is 0 Å². The fraction of sp³-hybridized carbons (Fsp3) is 0.267. The first-order valence-corrected chi connectivity index (χ1v) is 7.72. The lowest BCUT2D eigenvalue weighted by molar-refractivity contribution is 0.716. The molecule has 0 aliphatic rings. The van der Waals surface area contributed by atoms with Gasteiger partial charge in [-0.2, -0.15) is 0 Å². The Morgan fingerprint density at radius 3 is 2.81 bits per heavy atom. The zero-order valence-corrected chi connectivity index (χ0v) is 12.9. The molecular formula is C15H17N5S. The van der Waals surface area contributed by atoms with Crippen LogP contribution in [0.25, 0.3) is 11.0 Å². The minimum Gasteiger partial charge on any atom is -0.333 e. The van der Waals surface area contributed by atoms with Crippen molar-refractivity contribution < 1.29 is 0 Å². The molecule has 0 amide bonds. The summed E-state index contributed by atoms with van der Waals surface area (Å²) in [5.74, 6) is 0. The average Bonchev–Trinajstić information content (AvgIpc) is 2.88. The van der Waals surface area contributed by atoms with Crippen molar-refractivity contribution in [3.63, 3.8) is 0 Å². The van der Waals surface area contributed by atoms with Crippen LogP contribution in [-0.2, 0) is 6.54 Å². The maximum absolute atomic E-state index is 4.54. The Morgan fingerprint density at radius 2 is 2.05 bits per heavy atom. The van der Waals surface area contributed by atoms with Gasteiger partial charge in [0.2, 0.25) is 0 Å². The lowest BCUT2D eigenvalue weighted by Gasteiger charge is -2.01. The SMILES string of the molecule is CCNCc1cnc(Sc2nc3ccc(C)cc3[nH]2)nc1. The minimum atomic E-state index is 0.700. The Hall–Kier alpha value is -1.92. The molecule has 0 radical (unpaired) electrons. The third-order valence-corrected chi connectivity index (χ3v) is 3.84. The van der Waals surface area contributed by atoms with Gasteiger partial charge in [0.15, 0.2) is 10.3 Å². The third kappa shape index (κ3) is 3.40. The molecule has 0 saturated heterocycles. The normalized spacial score (nSPS) is 11.1. The van der Waals surface area contributed by atoms with Gasteiger partial charge in [0, 0.05) is 24.5 Å². The standard InChI is InChI=1S/C15H17N5S/c1-3-16-7-11-8-17-14(18-9-11)21-15-19-12-5-4-10(2)6-13(12)20-15/h4-6,8-9,16H,3,7H2,1-2H3,(H,19,20). The number of nitrogens with one attached hydrogen (secondary N) is 2. The molecule has 3 rings (SSSR count). The van der Waals surface area contributed by atoms with E-state index in [1.165, 1.54) is 17.3 Å². The van der Waals surface area contributed by atoms with Gasteiger partial charge < -0.3 is 10.3 Å². The van der Waals surface area contributed by atoms with Gasteiger partial charge in [-0.05, 0) is 42.9 Å². The molecule has 2 heterocycles. The Kier molecular flexibility index (Phi) is 4.17. The van der Waals surface area contributed by atoms with E-state index in [2.05, 4.69) is 51.2 Å². The maximum Gasteiger partial charge on any atom is 0.195 e. The third-order valence-electron chi connectivity index (χ3n) is 3.06. The van der Waals surface area contributed by atoms with Crippen LogP contribution in [0.15, 0.2) is 40.9 Å². The molecule has 0 spiro atoms. The van der Waals surface area contributed by atoms with E-state index in [1.807, 2.05) is 18.5 Å². The van der Waals surface area contributed by atoms with E-state index < -0.39 is 0 Å². The topological polar surface area (TPSA) is 66.5 Å². The molecule has 2 aromatic heterocycles. The lowest BCUT2D eigenvalue weighted by Crippen LogP contribution is -2.12. The summed E-state index contributed by atoms with van der Waals surface area (Å²) in [5, 5.41) is 4.77. The average molecular weight is 299 g/mol. The zero-order chi connectivity index (χ0) is 14.7. The van der Waals surface area contributed by atoms with Gasteiger partial charge in [0.25, 0.3) is 0 Å².